The van der Waals surface area contributed by atoms with E-state index in [1.807, 2.05) is 0 Å². The lowest BCUT2D eigenvalue weighted by molar-refractivity contribution is -0.161. The van der Waals surface area contributed by atoms with Gasteiger partial charge < -0.3 is 24.6 Å². The summed E-state index contributed by atoms with van der Waals surface area (Å²) in [6, 6.07) is 0. The molecule has 0 aliphatic carbocycles. The molecule has 0 saturated carbocycles. The number of aliphatic hydroxyl groups excluding tert-OH is 2. The van der Waals surface area contributed by atoms with Crippen LogP contribution in [0.15, 0.2) is 36.5 Å². The maximum atomic E-state index is 12.5. The fraction of sp³-hybridized carbons (Fsp3) is 0.778. The van der Waals surface area contributed by atoms with Gasteiger partial charge in [-0.2, -0.15) is 0 Å². The third kappa shape index (κ3) is 32.5. The number of allylic oxidation sites excluding steroid dienone is 6. The van der Waals surface area contributed by atoms with E-state index in [9.17, 15) is 24.2 Å². The Hall–Kier alpha value is -1.81. The summed E-state index contributed by atoms with van der Waals surface area (Å²) < 4.78 is 32.4. The number of carbonyl (C=O) groups excluding carboxylic acids is 2. The number of hydrogen-bond acceptors (Lipinski definition) is 9. The van der Waals surface area contributed by atoms with Gasteiger partial charge >= 0.3 is 19.8 Å². The van der Waals surface area contributed by atoms with Gasteiger partial charge in [0.2, 0.25) is 0 Å². The molecule has 11 heteroatoms. The van der Waals surface area contributed by atoms with Crippen LogP contribution in [0.4, 0.5) is 0 Å². The number of phosphoric acid groups is 1. The minimum Gasteiger partial charge on any atom is -0.462 e. The molecule has 0 spiro atoms. The van der Waals surface area contributed by atoms with Crippen LogP contribution in [0.3, 0.4) is 0 Å². The molecule has 0 heterocycles. The molecule has 0 rings (SSSR count). The lowest BCUT2D eigenvalue weighted by Gasteiger charge is -2.20. The molecule has 0 aliphatic heterocycles. The van der Waals surface area contributed by atoms with Crippen LogP contribution in [0.1, 0.15) is 142 Å². The fourth-order valence-corrected chi connectivity index (χ4v) is 5.32. The minimum absolute atomic E-state index is 0.181. The van der Waals surface area contributed by atoms with Gasteiger partial charge in [-0.3, -0.25) is 18.6 Å². The highest BCUT2D eigenvalue weighted by Gasteiger charge is 2.27. The number of rotatable bonds is 33. The first kappa shape index (κ1) is 45.2. The molecule has 47 heavy (non-hydrogen) atoms. The van der Waals surface area contributed by atoms with Crippen LogP contribution in [0, 0.1) is 0 Å². The summed E-state index contributed by atoms with van der Waals surface area (Å²) in [5, 5.41) is 18.2. The molecule has 0 saturated heterocycles. The van der Waals surface area contributed by atoms with Crippen LogP contribution in [0.25, 0.3) is 0 Å². The molecule has 3 atom stereocenters. The monoisotopic (exact) mass is 688 g/mol. The van der Waals surface area contributed by atoms with Crippen molar-refractivity contribution in [1.29, 1.82) is 0 Å². The van der Waals surface area contributed by atoms with E-state index in [1.54, 1.807) is 0 Å². The third-order valence-corrected chi connectivity index (χ3v) is 8.26. The van der Waals surface area contributed by atoms with Crippen LogP contribution < -0.4 is 0 Å². The summed E-state index contributed by atoms with van der Waals surface area (Å²) >= 11 is 0. The van der Waals surface area contributed by atoms with Crippen LogP contribution in [-0.2, 0) is 32.7 Å². The van der Waals surface area contributed by atoms with Gasteiger partial charge in [-0.25, -0.2) is 4.57 Å². The first-order chi connectivity index (χ1) is 22.7. The normalized spacial score (nSPS) is 14.6. The smallest absolute Gasteiger partial charge is 0.462 e. The van der Waals surface area contributed by atoms with Gasteiger partial charge in [0.05, 0.1) is 19.8 Å². The van der Waals surface area contributed by atoms with E-state index in [1.165, 1.54) is 32.1 Å². The Morgan fingerprint density at radius 1 is 0.660 bits per heavy atom. The Kier molecular flexibility index (Phi) is 31.5. The number of ether oxygens (including phenoxy) is 2. The minimum atomic E-state index is -4.61. The predicted octanol–water partition coefficient (Wildman–Crippen LogP) is 8.44. The van der Waals surface area contributed by atoms with E-state index in [2.05, 4.69) is 54.8 Å². The van der Waals surface area contributed by atoms with Crippen molar-refractivity contribution in [2.75, 3.05) is 26.4 Å². The lowest BCUT2D eigenvalue weighted by atomic mass is 10.1. The zero-order valence-corrected chi connectivity index (χ0v) is 30.1. The summed E-state index contributed by atoms with van der Waals surface area (Å²) in [7, 11) is -4.61. The highest BCUT2D eigenvalue weighted by molar-refractivity contribution is 7.47. The third-order valence-electron chi connectivity index (χ3n) is 7.31. The van der Waals surface area contributed by atoms with Crippen molar-refractivity contribution in [3.63, 3.8) is 0 Å². The number of esters is 2. The Morgan fingerprint density at radius 3 is 1.77 bits per heavy atom. The average Bonchev–Trinajstić information content (AvgIpc) is 3.05. The first-order valence-corrected chi connectivity index (χ1v) is 19.4. The number of unbranched alkanes of at least 4 members (excludes halogenated alkanes) is 13. The van der Waals surface area contributed by atoms with Gasteiger partial charge in [-0.05, 0) is 44.9 Å². The summed E-state index contributed by atoms with van der Waals surface area (Å²) in [5.41, 5.74) is 0. The second-order valence-corrected chi connectivity index (χ2v) is 13.3. The average molecular weight is 689 g/mol. The zero-order valence-electron chi connectivity index (χ0n) is 29.2. The molecule has 274 valence electrons. The van der Waals surface area contributed by atoms with E-state index < -0.39 is 51.8 Å². The van der Waals surface area contributed by atoms with Crippen LogP contribution in [-0.4, -0.2) is 65.7 Å². The molecule has 0 radical (unpaired) electrons. The fourth-order valence-electron chi connectivity index (χ4n) is 4.53. The lowest BCUT2D eigenvalue weighted by Crippen LogP contribution is -2.29. The van der Waals surface area contributed by atoms with Gasteiger partial charge in [-0.15, -0.1) is 0 Å². The molecule has 0 aromatic rings. The largest absolute Gasteiger partial charge is 0.472 e. The number of hydrogen-bond donors (Lipinski definition) is 3. The van der Waals surface area contributed by atoms with Gasteiger partial charge in [0.25, 0.3) is 0 Å². The standard InChI is InChI=1S/C36H65O10P/c1-3-5-7-9-11-13-14-15-16-17-18-20-21-23-25-27-35(39)43-31-34(32-45-47(41,42)44-30-33(38)29-37)46-36(40)28-26-24-22-19-12-10-8-6-4-2/h5,7,11,13,15-16,33-34,37-38H,3-4,6,8-10,12,14,17-32H2,1-2H3,(H,41,42)/b7-5-,13-11-,16-15-/t33-,34+/m0/s1. The Morgan fingerprint density at radius 2 is 1.17 bits per heavy atom. The molecule has 1 unspecified atom stereocenters. The molecular formula is C36H65O10P. The molecule has 10 nitrogen and oxygen atoms in total. The first-order valence-electron chi connectivity index (χ1n) is 17.9. The number of phosphoric ester groups is 1. The van der Waals surface area contributed by atoms with Crippen molar-refractivity contribution in [2.24, 2.45) is 0 Å². The van der Waals surface area contributed by atoms with Crippen molar-refractivity contribution in [1.82, 2.24) is 0 Å². The Bertz CT molecular complexity index is 889. The molecule has 0 amide bonds. The maximum absolute atomic E-state index is 12.5. The molecular weight excluding hydrogens is 623 g/mol. The van der Waals surface area contributed by atoms with E-state index in [0.717, 1.165) is 70.6 Å². The van der Waals surface area contributed by atoms with Crippen molar-refractivity contribution < 1.29 is 47.8 Å². The zero-order chi connectivity index (χ0) is 34.9. The molecule has 3 N–H and O–H groups in total. The highest BCUT2D eigenvalue weighted by Crippen LogP contribution is 2.43. The number of aliphatic hydroxyl groups is 2. The van der Waals surface area contributed by atoms with Crippen LogP contribution >= 0.6 is 7.82 Å². The van der Waals surface area contributed by atoms with E-state index in [-0.39, 0.29) is 19.4 Å². The highest BCUT2D eigenvalue weighted by atomic mass is 31.2. The second kappa shape index (κ2) is 32.7. The molecule has 0 fully saturated rings. The predicted molar refractivity (Wildman–Crippen MR) is 187 cm³/mol. The summed E-state index contributed by atoms with van der Waals surface area (Å²) in [6.07, 6.45) is 29.8. The van der Waals surface area contributed by atoms with Gasteiger partial charge in [0, 0.05) is 12.8 Å². The van der Waals surface area contributed by atoms with Crippen molar-refractivity contribution in [2.45, 2.75) is 154 Å². The van der Waals surface area contributed by atoms with E-state index >= 15 is 0 Å². The Labute approximate surface area is 284 Å². The van der Waals surface area contributed by atoms with E-state index in [4.69, 9.17) is 19.1 Å². The van der Waals surface area contributed by atoms with Crippen molar-refractivity contribution in [3.05, 3.63) is 36.5 Å². The maximum Gasteiger partial charge on any atom is 0.472 e. The van der Waals surface area contributed by atoms with Gasteiger partial charge in [-0.1, -0.05) is 121 Å². The Balaban J connectivity index is 4.39. The second-order valence-electron chi connectivity index (χ2n) is 11.9. The summed E-state index contributed by atoms with van der Waals surface area (Å²) in [5.74, 6) is -0.950. The van der Waals surface area contributed by atoms with Crippen molar-refractivity contribution >= 4 is 19.8 Å². The van der Waals surface area contributed by atoms with Crippen molar-refractivity contribution in [3.8, 4) is 0 Å². The molecule has 0 bridgehead atoms. The summed E-state index contributed by atoms with van der Waals surface area (Å²) in [4.78, 5) is 34.7. The number of carbonyl (C=O) groups is 2. The van der Waals surface area contributed by atoms with Gasteiger partial charge in [0.1, 0.15) is 12.7 Å². The topological polar surface area (TPSA) is 149 Å². The SMILES string of the molecule is CC/C=C\C/C=C\C/C=C\CCCCCCCC(=O)OC[C@H](COP(=O)(O)OC[C@@H](O)CO)OC(=O)CCCCCCCCCCC. The van der Waals surface area contributed by atoms with E-state index in [0.29, 0.717) is 12.8 Å². The summed E-state index contributed by atoms with van der Waals surface area (Å²) in [6.45, 7) is 2.19. The molecule has 0 aliphatic rings. The van der Waals surface area contributed by atoms with Crippen LogP contribution in [0.2, 0.25) is 0 Å². The van der Waals surface area contributed by atoms with Gasteiger partial charge in [0.15, 0.2) is 6.10 Å². The molecule has 0 aromatic heterocycles. The quantitative estimate of drug-likeness (QED) is 0.0265. The van der Waals surface area contributed by atoms with Crippen LogP contribution in [0.5, 0.6) is 0 Å². The molecule has 0 aromatic carbocycles.